The van der Waals surface area contributed by atoms with Gasteiger partial charge in [-0.05, 0) is 37.1 Å². The number of nitrogens with zero attached hydrogens (tertiary/aromatic N) is 1. The second-order valence-electron chi connectivity index (χ2n) is 3.73. The van der Waals surface area contributed by atoms with Gasteiger partial charge in [0.05, 0.1) is 0 Å². The molecule has 0 spiro atoms. The molecular formula is C12H19N3O. The van der Waals surface area contributed by atoms with Crippen LogP contribution in [0, 0.1) is 0 Å². The molecule has 1 aromatic rings. The van der Waals surface area contributed by atoms with E-state index in [0.717, 1.165) is 24.8 Å². The molecule has 0 saturated heterocycles. The lowest BCUT2D eigenvalue weighted by Gasteiger charge is -2.04. The third-order valence-corrected chi connectivity index (χ3v) is 2.35. The van der Waals surface area contributed by atoms with E-state index >= 15 is 0 Å². The summed E-state index contributed by atoms with van der Waals surface area (Å²) in [7, 11) is 0. The fourth-order valence-corrected chi connectivity index (χ4v) is 1.40. The SMILES string of the molecule is NCCCCCC(=O)NCc1ccncc1. The molecule has 1 rings (SSSR count). The van der Waals surface area contributed by atoms with Crippen LogP contribution in [-0.2, 0) is 11.3 Å². The van der Waals surface area contributed by atoms with E-state index in [9.17, 15) is 4.79 Å². The Bertz CT molecular complexity index is 300. The molecule has 0 aliphatic carbocycles. The first-order chi connectivity index (χ1) is 7.83. The van der Waals surface area contributed by atoms with Crippen molar-refractivity contribution in [1.29, 1.82) is 0 Å². The number of pyridine rings is 1. The Balaban J connectivity index is 2.11. The largest absolute Gasteiger partial charge is 0.352 e. The second-order valence-corrected chi connectivity index (χ2v) is 3.73. The Kier molecular flexibility index (Phi) is 6.18. The van der Waals surface area contributed by atoms with Crippen molar-refractivity contribution >= 4 is 5.91 Å². The number of hydrogen-bond acceptors (Lipinski definition) is 3. The maximum atomic E-state index is 11.4. The summed E-state index contributed by atoms with van der Waals surface area (Å²) in [5, 5.41) is 2.88. The Labute approximate surface area is 96.3 Å². The first-order valence-corrected chi connectivity index (χ1v) is 5.68. The lowest BCUT2D eigenvalue weighted by atomic mass is 10.2. The lowest BCUT2D eigenvalue weighted by Crippen LogP contribution is -2.22. The molecule has 0 aromatic carbocycles. The monoisotopic (exact) mass is 221 g/mol. The highest BCUT2D eigenvalue weighted by molar-refractivity contribution is 5.75. The third-order valence-electron chi connectivity index (χ3n) is 2.35. The van der Waals surface area contributed by atoms with E-state index in [1.165, 1.54) is 0 Å². The van der Waals surface area contributed by atoms with Crippen LogP contribution >= 0.6 is 0 Å². The van der Waals surface area contributed by atoms with Crippen LogP contribution < -0.4 is 11.1 Å². The Morgan fingerprint density at radius 2 is 2.00 bits per heavy atom. The molecule has 0 radical (unpaired) electrons. The highest BCUT2D eigenvalue weighted by Crippen LogP contribution is 2.00. The molecule has 0 atom stereocenters. The highest BCUT2D eigenvalue weighted by Gasteiger charge is 2.00. The maximum absolute atomic E-state index is 11.4. The first-order valence-electron chi connectivity index (χ1n) is 5.68. The summed E-state index contributed by atoms with van der Waals surface area (Å²) in [6.07, 6.45) is 6.98. The molecule has 0 bridgehead atoms. The number of amides is 1. The zero-order valence-electron chi connectivity index (χ0n) is 9.48. The van der Waals surface area contributed by atoms with Crippen LogP contribution in [0.4, 0.5) is 0 Å². The summed E-state index contributed by atoms with van der Waals surface area (Å²) in [5.41, 5.74) is 6.45. The average molecular weight is 221 g/mol. The van der Waals surface area contributed by atoms with Crippen LogP contribution in [0.15, 0.2) is 24.5 Å². The summed E-state index contributed by atoms with van der Waals surface area (Å²) in [6.45, 7) is 1.29. The topological polar surface area (TPSA) is 68.0 Å². The molecule has 88 valence electrons. The van der Waals surface area contributed by atoms with Crippen molar-refractivity contribution in [3.05, 3.63) is 30.1 Å². The molecule has 1 heterocycles. The minimum absolute atomic E-state index is 0.105. The van der Waals surface area contributed by atoms with Crippen molar-refractivity contribution in [1.82, 2.24) is 10.3 Å². The smallest absolute Gasteiger partial charge is 0.220 e. The summed E-state index contributed by atoms with van der Waals surface area (Å²) in [6, 6.07) is 3.80. The Hall–Kier alpha value is -1.42. The van der Waals surface area contributed by atoms with Crippen molar-refractivity contribution in [3.8, 4) is 0 Å². The van der Waals surface area contributed by atoms with E-state index in [-0.39, 0.29) is 5.91 Å². The highest BCUT2D eigenvalue weighted by atomic mass is 16.1. The number of unbranched alkanes of at least 4 members (excludes halogenated alkanes) is 2. The van der Waals surface area contributed by atoms with Crippen LogP contribution in [0.1, 0.15) is 31.2 Å². The van der Waals surface area contributed by atoms with Crippen molar-refractivity contribution in [2.45, 2.75) is 32.2 Å². The first kappa shape index (κ1) is 12.6. The normalized spacial score (nSPS) is 10.1. The zero-order valence-corrected chi connectivity index (χ0v) is 9.48. The van der Waals surface area contributed by atoms with Gasteiger partial charge in [-0.25, -0.2) is 0 Å². The van der Waals surface area contributed by atoms with Gasteiger partial charge in [0.2, 0.25) is 5.91 Å². The van der Waals surface area contributed by atoms with Gasteiger partial charge in [-0.3, -0.25) is 9.78 Å². The number of rotatable bonds is 7. The number of nitrogens with one attached hydrogen (secondary N) is 1. The zero-order chi connectivity index (χ0) is 11.6. The molecule has 16 heavy (non-hydrogen) atoms. The summed E-state index contributed by atoms with van der Waals surface area (Å²) < 4.78 is 0. The number of hydrogen-bond donors (Lipinski definition) is 2. The van der Waals surface area contributed by atoms with Crippen LogP contribution in [0.3, 0.4) is 0 Å². The van der Waals surface area contributed by atoms with Gasteiger partial charge < -0.3 is 11.1 Å². The summed E-state index contributed by atoms with van der Waals surface area (Å²) in [4.78, 5) is 15.3. The Morgan fingerprint density at radius 1 is 1.25 bits per heavy atom. The van der Waals surface area contributed by atoms with Gasteiger partial charge in [0.1, 0.15) is 0 Å². The van der Waals surface area contributed by atoms with E-state index < -0.39 is 0 Å². The molecule has 4 heteroatoms. The van der Waals surface area contributed by atoms with Gasteiger partial charge in [0.25, 0.3) is 0 Å². The molecular weight excluding hydrogens is 202 g/mol. The minimum Gasteiger partial charge on any atom is -0.352 e. The summed E-state index contributed by atoms with van der Waals surface area (Å²) in [5.74, 6) is 0.105. The molecule has 0 saturated carbocycles. The van der Waals surface area contributed by atoms with Gasteiger partial charge in [0, 0.05) is 25.4 Å². The molecule has 0 aliphatic heterocycles. The Morgan fingerprint density at radius 3 is 2.69 bits per heavy atom. The van der Waals surface area contributed by atoms with E-state index in [4.69, 9.17) is 5.73 Å². The number of carbonyl (C=O) groups excluding carboxylic acids is 1. The van der Waals surface area contributed by atoms with E-state index in [1.807, 2.05) is 12.1 Å². The average Bonchev–Trinajstić information content (AvgIpc) is 2.33. The van der Waals surface area contributed by atoms with Crippen molar-refractivity contribution in [2.24, 2.45) is 5.73 Å². The third kappa shape index (κ3) is 5.46. The molecule has 3 N–H and O–H groups in total. The fraction of sp³-hybridized carbons (Fsp3) is 0.500. The van der Waals surface area contributed by atoms with Crippen molar-refractivity contribution < 1.29 is 4.79 Å². The van der Waals surface area contributed by atoms with Gasteiger partial charge in [-0.2, -0.15) is 0 Å². The summed E-state index contributed by atoms with van der Waals surface area (Å²) >= 11 is 0. The van der Waals surface area contributed by atoms with Crippen LogP contribution in [0.2, 0.25) is 0 Å². The van der Waals surface area contributed by atoms with Crippen molar-refractivity contribution in [3.63, 3.8) is 0 Å². The number of aromatic nitrogens is 1. The lowest BCUT2D eigenvalue weighted by molar-refractivity contribution is -0.121. The number of nitrogens with two attached hydrogens (primary N) is 1. The maximum Gasteiger partial charge on any atom is 0.220 e. The molecule has 1 amide bonds. The number of carbonyl (C=O) groups is 1. The predicted molar refractivity (Wildman–Crippen MR) is 63.6 cm³/mol. The van der Waals surface area contributed by atoms with Crippen LogP contribution in [0.5, 0.6) is 0 Å². The fourth-order valence-electron chi connectivity index (χ4n) is 1.40. The predicted octanol–water partition coefficient (Wildman–Crippen LogP) is 1.22. The van der Waals surface area contributed by atoms with E-state index in [0.29, 0.717) is 19.5 Å². The van der Waals surface area contributed by atoms with Gasteiger partial charge in [-0.15, -0.1) is 0 Å². The molecule has 0 fully saturated rings. The molecule has 4 nitrogen and oxygen atoms in total. The quantitative estimate of drug-likeness (QED) is 0.680. The molecule has 0 unspecified atom stereocenters. The van der Waals surface area contributed by atoms with E-state index in [1.54, 1.807) is 12.4 Å². The van der Waals surface area contributed by atoms with Crippen LogP contribution in [-0.4, -0.2) is 17.4 Å². The molecule has 0 aliphatic rings. The minimum atomic E-state index is 0.105. The van der Waals surface area contributed by atoms with Gasteiger partial charge in [0.15, 0.2) is 0 Å². The van der Waals surface area contributed by atoms with Gasteiger partial charge in [-0.1, -0.05) is 6.42 Å². The van der Waals surface area contributed by atoms with Crippen molar-refractivity contribution in [2.75, 3.05) is 6.54 Å². The van der Waals surface area contributed by atoms with E-state index in [2.05, 4.69) is 10.3 Å². The standard InChI is InChI=1S/C12H19N3O/c13-7-3-1-2-4-12(16)15-10-11-5-8-14-9-6-11/h5-6,8-9H,1-4,7,10,13H2,(H,15,16). The molecule has 1 aromatic heterocycles. The second kappa shape index (κ2) is 7.82. The van der Waals surface area contributed by atoms with Gasteiger partial charge >= 0.3 is 0 Å². The van der Waals surface area contributed by atoms with Crippen LogP contribution in [0.25, 0.3) is 0 Å².